The Morgan fingerprint density at radius 1 is 1.22 bits per heavy atom. The number of carbonyl (C=O) groups excluding carboxylic acids is 2. The Morgan fingerprint density at radius 2 is 1.87 bits per heavy atom. The molecule has 0 saturated carbocycles. The molecule has 0 fully saturated rings. The van der Waals surface area contributed by atoms with Crippen LogP contribution in [0.5, 0.6) is 0 Å². The second-order valence-corrected chi connectivity index (χ2v) is 9.03. The van der Waals surface area contributed by atoms with E-state index in [9.17, 15) is 9.59 Å². The van der Waals surface area contributed by atoms with Crippen molar-refractivity contribution in [2.24, 2.45) is 7.05 Å². The molecule has 124 valence electrons. The van der Waals surface area contributed by atoms with Gasteiger partial charge in [0.15, 0.2) is 0 Å². The van der Waals surface area contributed by atoms with Gasteiger partial charge in [0.1, 0.15) is 0 Å². The quantitative estimate of drug-likeness (QED) is 0.539. The van der Waals surface area contributed by atoms with Crippen molar-refractivity contribution < 1.29 is 17.4 Å². The van der Waals surface area contributed by atoms with Crippen LogP contribution in [0.25, 0.3) is 0 Å². The van der Waals surface area contributed by atoms with Gasteiger partial charge in [-0.2, -0.15) is 0 Å². The van der Waals surface area contributed by atoms with Crippen molar-refractivity contribution >= 4 is 32.2 Å². The summed E-state index contributed by atoms with van der Waals surface area (Å²) < 4.78 is 14.6. The number of rotatable bonds is 5. The van der Waals surface area contributed by atoms with Crippen molar-refractivity contribution in [1.82, 2.24) is 4.57 Å². The summed E-state index contributed by atoms with van der Waals surface area (Å²) in [7, 11) is 1.86. The van der Waals surface area contributed by atoms with Crippen molar-refractivity contribution in [3.63, 3.8) is 0 Å². The topological polar surface area (TPSA) is 57.5 Å². The van der Waals surface area contributed by atoms with E-state index < -0.39 is 20.2 Å². The minimum absolute atomic E-state index is 0.308. The number of aromatic nitrogens is 1. The van der Waals surface area contributed by atoms with E-state index in [1.165, 1.54) is 6.92 Å². The number of halogens is 1. The third kappa shape index (κ3) is 3.93. The zero-order valence-electron chi connectivity index (χ0n) is 13.6. The Balaban J connectivity index is 2.51. The number of carbonyl (C=O) groups is 2. The molecule has 5 nitrogen and oxygen atoms in total. The van der Waals surface area contributed by atoms with Gasteiger partial charge in [-0.15, -0.1) is 0 Å². The molecule has 2 rings (SSSR count). The van der Waals surface area contributed by atoms with Gasteiger partial charge < -0.3 is 0 Å². The summed E-state index contributed by atoms with van der Waals surface area (Å²) in [6.07, 6.45) is 1.75. The Hall–Kier alpha value is -1.83. The molecule has 0 unspecified atom stereocenters. The first kappa shape index (κ1) is 17.5. The van der Waals surface area contributed by atoms with E-state index in [-0.39, 0.29) is 11.9 Å². The minimum atomic E-state index is -2.43. The van der Waals surface area contributed by atoms with Crippen LogP contribution in [0.2, 0.25) is 0 Å². The Bertz CT molecular complexity index is 709. The summed E-state index contributed by atoms with van der Waals surface area (Å²) in [6.45, 7) is 5.39. The van der Waals surface area contributed by atoms with Crippen molar-refractivity contribution in [3.05, 3.63) is 54.9 Å². The zero-order valence-corrected chi connectivity index (χ0v) is 15.8. The van der Waals surface area contributed by atoms with E-state index in [2.05, 4.69) is 0 Å². The third-order valence-electron chi connectivity index (χ3n) is 3.12. The van der Waals surface area contributed by atoms with Gasteiger partial charge in [0.2, 0.25) is 0 Å². The molecule has 1 aromatic carbocycles. The van der Waals surface area contributed by atoms with Crippen molar-refractivity contribution in [2.75, 3.05) is 6.61 Å². The second kappa shape index (κ2) is 7.63. The molecule has 0 aliphatic rings. The summed E-state index contributed by atoms with van der Waals surface area (Å²) in [4.78, 5) is 23.7. The molecule has 23 heavy (non-hydrogen) atoms. The van der Waals surface area contributed by atoms with Crippen LogP contribution < -0.4 is 0 Å². The molecule has 0 saturated heterocycles. The number of esters is 1. The van der Waals surface area contributed by atoms with E-state index in [4.69, 9.17) is 7.80 Å². The zero-order chi connectivity index (χ0) is 17.0. The molecule has 6 heteroatoms. The first-order chi connectivity index (χ1) is 11.0. The fourth-order valence-corrected chi connectivity index (χ4v) is 6.81. The van der Waals surface area contributed by atoms with Crippen LogP contribution in [0.15, 0.2) is 36.5 Å². The van der Waals surface area contributed by atoms with Crippen LogP contribution in [0.4, 0.5) is 0 Å². The molecule has 0 spiro atoms. The molecule has 0 aliphatic heterocycles. The summed E-state index contributed by atoms with van der Waals surface area (Å²) >= 11 is -2.43. The number of aryl methyl sites for hydroxylation is 1. The Kier molecular flexibility index (Phi) is 5.81. The number of hydrogen-bond acceptors (Lipinski definition) is 4. The first-order valence-corrected chi connectivity index (χ1v) is 10.3. The predicted octanol–water partition coefficient (Wildman–Crippen LogP) is 3.53. The maximum absolute atomic E-state index is 12.1. The monoisotopic (exact) mass is 429 g/mol. The van der Waals surface area contributed by atoms with Crippen LogP contribution in [-0.2, 0) is 19.6 Å². The fourth-order valence-electron chi connectivity index (χ4n) is 2.21. The summed E-state index contributed by atoms with van der Waals surface area (Å²) in [5.74, 6) is -0.657. The van der Waals surface area contributed by atoms with Crippen LogP contribution in [0.3, 0.4) is 0 Å². The molecule has 1 heterocycles. The Morgan fingerprint density at radius 3 is 2.43 bits per heavy atom. The van der Waals surface area contributed by atoms with Gasteiger partial charge in [0.05, 0.1) is 0 Å². The standard InChI is InChI=1S/C17H20INO4/c1-5-22-17(21)15-11-19(4)16(12(15)2)18(23-13(3)20)14-9-7-6-8-10-14/h6-11H,5H2,1-4H3. The van der Waals surface area contributed by atoms with Crippen LogP contribution >= 0.6 is 20.2 Å². The molecule has 0 N–H and O–H groups in total. The van der Waals surface area contributed by atoms with Gasteiger partial charge in [-0.3, -0.25) is 0 Å². The van der Waals surface area contributed by atoms with Gasteiger partial charge in [0.25, 0.3) is 0 Å². The van der Waals surface area contributed by atoms with Gasteiger partial charge in [-0.1, -0.05) is 0 Å². The van der Waals surface area contributed by atoms with Crippen LogP contribution in [0.1, 0.15) is 29.8 Å². The van der Waals surface area contributed by atoms with E-state index in [1.54, 1.807) is 13.1 Å². The van der Waals surface area contributed by atoms with E-state index >= 15 is 0 Å². The molecule has 0 amide bonds. The van der Waals surface area contributed by atoms with Crippen molar-refractivity contribution in [1.29, 1.82) is 0 Å². The van der Waals surface area contributed by atoms with Crippen LogP contribution in [0, 0.1) is 14.2 Å². The fraction of sp³-hybridized carbons (Fsp3) is 0.294. The van der Waals surface area contributed by atoms with Gasteiger partial charge in [0, 0.05) is 0 Å². The molecule has 1 aromatic heterocycles. The number of nitrogens with zero attached hydrogens (tertiary/aromatic N) is 1. The SMILES string of the molecule is CCOC(=O)c1cn(C)c(I(OC(C)=O)c2ccccc2)c1C. The molecule has 2 aromatic rings. The van der Waals surface area contributed by atoms with Gasteiger partial charge in [-0.05, 0) is 0 Å². The van der Waals surface area contributed by atoms with Gasteiger partial charge in [-0.25, -0.2) is 0 Å². The average Bonchev–Trinajstić information content (AvgIpc) is 2.81. The summed E-state index contributed by atoms with van der Waals surface area (Å²) in [6, 6.07) is 9.70. The predicted molar refractivity (Wildman–Crippen MR) is 95.7 cm³/mol. The number of ether oxygens (including phenoxy) is 1. The molecular weight excluding hydrogens is 409 g/mol. The molecule has 0 atom stereocenters. The first-order valence-electron chi connectivity index (χ1n) is 7.22. The summed E-state index contributed by atoms with van der Waals surface area (Å²) in [5.41, 5.74) is 1.34. The average molecular weight is 429 g/mol. The molecule has 0 bridgehead atoms. The molecule has 0 radical (unpaired) electrons. The number of hydrogen-bond donors (Lipinski definition) is 0. The van der Waals surface area contributed by atoms with Crippen molar-refractivity contribution in [3.8, 4) is 0 Å². The molecular formula is C17H20INO4. The van der Waals surface area contributed by atoms with Crippen LogP contribution in [-0.4, -0.2) is 23.1 Å². The third-order valence-corrected chi connectivity index (χ3v) is 8.53. The Labute approximate surface area is 143 Å². The van der Waals surface area contributed by atoms with E-state index in [1.807, 2.05) is 48.9 Å². The maximum atomic E-state index is 12.1. The van der Waals surface area contributed by atoms with E-state index in [0.29, 0.717) is 12.2 Å². The second-order valence-electron chi connectivity index (χ2n) is 4.90. The van der Waals surface area contributed by atoms with Gasteiger partial charge >= 0.3 is 143 Å². The molecule has 0 aliphatic carbocycles. The summed E-state index contributed by atoms with van der Waals surface area (Å²) in [5, 5.41) is 0. The van der Waals surface area contributed by atoms with Crippen molar-refractivity contribution in [2.45, 2.75) is 20.8 Å². The normalized spacial score (nSPS) is 11.0. The number of benzene rings is 1. The van der Waals surface area contributed by atoms with E-state index in [0.717, 1.165) is 12.8 Å².